The lowest BCUT2D eigenvalue weighted by Crippen LogP contribution is -2.42. The van der Waals surface area contributed by atoms with Crippen molar-refractivity contribution in [3.8, 4) is 0 Å². The number of hydrogen-bond donors (Lipinski definition) is 2. The number of nitrogens with zero attached hydrogens (tertiary/aromatic N) is 3. The zero-order valence-electron chi connectivity index (χ0n) is 26.0. The number of nitrogens with one attached hydrogen (secondary N) is 1. The highest BCUT2D eigenvalue weighted by molar-refractivity contribution is 6.22. The molecule has 0 saturated carbocycles. The van der Waals surface area contributed by atoms with Crippen molar-refractivity contribution in [3.63, 3.8) is 0 Å². The molecule has 5 aromatic rings. The van der Waals surface area contributed by atoms with E-state index in [0.717, 1.165) is 32.6 Å². The van der Waals surface area contributed by atoms with Gasteiger partial charge in [-0.1, -0.05) is 78.9 Å². The van der Waals surface area contributed by atoms with Gasteiger partial charge in [0.2, 0.25) is 5.91 Å². The molecule has 3 heterocycles. The number of para-hydroxylation sites is 2. The third kappa shape index (κ3) is 6.70. The number of benzene rings is 4. The second-order valence-electron chi connectivity index (χ2n) is 11.9. The molecule has 2 aliphatic rings. The number of rotatable bonds is 9. The molecule has 2 N–H and O–H groups in total. The van der Waals surface area contributed by atoms with Crippen LogP contribution in [-0.2, 0) is 43.6 Å². The van der Waals surface area contributed by atoms with Crippen molar-refractivity contribution >= 4 is 34.6 Å². The number of amides is 3. The van der Waals surface area contributed by atoms with E-state index >= 15 is 0 Å². The van der Waals surface area contributed by atoms with Gasteiger partial charge < -0.3 is 29.2 Å². The Kier molecular flexibility index (Phi) is 8.97. The van der Waals surface area contributed by atoms with Crippen LogP contribution in [0.5, 0.6) is 0 Å². The number of anilines is 1. The molecule has 0 aliphatic carbocycles. The van der Waals surface area contributed by atoms with Crippen LogP contribution in [-0.4, -0.2) is 44.7 Å². The van der Waals surface area contributed by atoms with Gasteiger partial charge in [0.15, 0.2) is 6.29 Å². The number of ether oxygens (including phenoxy) is 3. The summed E-state index contributed by atoms with van der Waals surface area (Å²) in [6, 6.07) is 30.6. The zero-order chi connectivity index (χ0) is 33.0. The molecule has 48 heavy (non-hydrogen) atoms. The number of aliphatic hydroxyl groups is 1. The van der Waals surface area contributed by atoms with Gasteiger partial charge in [0.1, 0.15) is 12.6 Å². The first-order valence-electron chi connectivity index (χ1n) is 15.8. The van der Waals surface area contributed by atoms with Crippen LogP contribution < -0.4 is 10.2 Å². The molecule has 2 saturated heterocycles. The average molecular weight is 647 g/mol. The van der Waals surface area contributed by atoms with E-state index < -0.39 is 30.2 Å². The zero-order valence-corrected chi connectivity index (χ0v) is 26.0. The minimum absolute atomic E-state index is 0.0410. The van der Waals surface area contributed by atoms with Gasteiger partial charge in [0, 0.05) is 12.0 Å². The van der Waals surface area contributed by atoms with Gasteiger partial charge in [-0.3, -0.25) is 9.59 Å². The summed E-state index contributed by atoms with van der Waals surface area (Å²) in [5.41, 5.74) is 5.41. The number of aliphatic hydroxyl groups excluding tert-OH is 1. The van der Waals surface area contributed by atoms with Gasteiger partial charge >= 0.3 is 6.09 Å². The predicted molar refractivity (Wildman–Crippen MR) is 175 cm³/mol. The van der Waals surface area contributed by atoms with Crippen LogP contribution in [0.15, 0.2) is 109 Å². The maximum atomic E-state index is 13.4. The average Bonchev–Trinajstić information content (AvgIpc) is 3.66. The topological polar surface area (TPSA) is 132 Å². The number of carbonyl (C=O) groups is 3. The van der Waals surface area contributed by atoms with E-state index in [1.165, 1.54) is 0 Å². The van der Waals surface area contributed by atoms with Crippen LogP contribution in [0, 0.1) is 0 Å². The van der Waals surface area contributed by atoms with E-state index in [9.17, 15) is 19.5 Å². The monoisotopic (exact) mass is 646 g/mol. The van der Waals surface area contributed by atoms with E-state index in [0.29, 0.717) is 24.2 Å². The number of alkyl carbamates (subject to hydrolysis) is 1. The van der Waals surface area contributed by atoms with Crippen LogP contribution in [0.3, 0.4) is 0 Å². The normalized spacial score (nSPS) is 21.1. The van der Waals surface area contributed by atoms with Crippen molar-refractivity contribution in [3.05, 3.63) is 132 Å². The van der Waals surface area contributed by atoms with Gasteiger partial charge in [-0.25, -0.2) is 14.7 Å². The predicted octanol–water partition coefficient (Wildman–Crippen LogP) is 5.33. The van der Waals surface area contributed by atoms with Gasteiger partial charge in [0.25, 0.3) is 5.91 Å². The summed E-state index contributed by atoms with van der Waals surface area (Å²) in [5, 5.41) is 12.1. The summed E-state index contributed by atoms with van der Waals surface area (Å²) in [7, 11) is 0. The van der Waals surface area contributed by atoms with Gasteiger partial charge in [-0.2, -0.15) is 0 Å². The van der Waals surface area contributed by atoms with Crippen LogP contribution in [0.1, 0.15) is 47.5 Å². The highest BCUT2D eigenvalue weighted by atomic mass is 16.7. The van der Waals surface area contributed by atoms with Crippen molar-refractivity contribution in [2.45, 2.75) is 57.1 Å². The summed E-state index contributed by atoms with van der Waals surface area (Å²) in [6.07, 6.45) is 0.000132. The highest BCUT2D eigenvalue weighted by Crippen LogP contribution is 2.39. The first-order valence-corrected chi connectivity index (χ1v) is 15.8. The molecule has 1 aromatic heterocycles. The molecule has 0 radical (unpaired) electrons. The van der Waals surface area contributed by atoms with Crippen LogP contribution in [0.25, 0.3) is 11.0 Å². The van der Waals surface area contributed by atoms with Crippen molar-refractivity contribution < 1.29 is 33.7 Å². The number of imide groups is 1. The molecular weight excluding hydrogens is 612 g/mol. The van der Waals surface area contributed by atoms with Crippen molar-refractivity contribution in [1.29, 1.82) is 0 Å². The van der Waals surface area contributed by atoms with Gasteiger partial charge in [0.05, 0.1) is 54.8 Å². The molecule has 4 atom stereocenters. The third-order valence-corrected chi connectivity index (χ3v) is 8.59. The summed E-state index contributed by atoms with van der Waals surface area (Å²) in [5.74, 6) is -0.992. The standard InChI is InChI=1S/C37H34N4O7/c42-21-24-13-15-26(16-14-24)33-18-29(20-40-23-38-30-11-4-5-12-32(30)40)47-36(48-33)27-9-6-10-28(17-27)41-34(43)19-31(35(41)44)39-37(45)46-22-25-7-2-1-3-8-25/h1-17,23,29,31,33,36,42H,18-22H2,(H,39,45)/t29-,31?,33+,36+/m0/s1. The van der Waals surface area contributed by atoms with E-state index in [4.69, 9.17) is 14.2 Å². The fourth-order valence-electron chi connectivity index (χ4n) is 6.14. The largest absolute Gasteiger partial charge is 0.445 e. The summed E-state index contributed by atoms with van der Waals surface area (Å²) >= 11 is 0. The second kappa shape index (κ2) is 13.8. The molecular formula is C37H34N4O7. The van der Waals surface area contributed by atoms with E-state index in [2.05, 4.69) is 14.9 Å². The summed E-state index contributed by atoms with van der Waals surface area (Å²) < 4.78 is 20.4. The second-order valence-corrected chi connectivity index (χ2v) is 11.9. The van der Waals surface area contributed by atoms with E-state index in [-0.39, 0.29) is 31.8 Å². The van der Waals surface area contributed by atoms with Crippen molar-refractivity contribution in [1.82, 2.24) is 14.9 Å². The quantitative estimate of drug-likeness (QED) is 0.206. The fourth-order valence-corrected chi connectivity index (χ4v) is 6.14. The molecule has 11 heteroatoms. The number of aromatic nitrogens is 2. The van der Waals surface area contributed by atoms with Crippen LogP contribution >= 0.6 is 0 Å². The summed E-state index contributed by atoms with van der Waals surface area (Å²) in [4.78, 5) is 44.5. The van der Waals surface area contributed by atoms with Gasteiger partial charge in [-0.05, 0) is 41.0 Å². The SMILES string of the molecule is O=C(NC1CC(=O)N(c2cccc([C@@H]3O[C@H](Cn4cnc5ccccc54)C[C@H](c4ccc(CO)cc4)O3)c2)C1=O)OCc1ccccc1. The van der Waals surface area contributed by atoms with Crippen molar-refractivity contribution in [2.75, 3.05) is 4.90 Å². The maximum absolute atomic E-state index is 13.4. The highest BCUT2D eigenvalue weighted by Gasteiger charge is 2.41. The minimum atomic E-state index is -1.05. The first kappa shape index (κ1) is 31.3. The van der Waals surface area contributed by atoms with E-state index in [1.54, 1.807) is 24.5 Å². The fraction of sp³-hybridized carbons (Fsp3) is 0.243. The maximum Gasteiger partial charge on any atom is 0.408 e. The van der Waals surface area contributed by atoms with Gasteiger partial charge in [-0.15, -0.1) is 0 Å². The Morgan fingerprint density at radius 1 is 0.896 bits per heavy atom. The smallest absolute Gasteiger partial charge is 0.408 e. The number of carbonyl (C=O) groups excluding carboxylic acids is 3. The van der Waals surface area contributed by atoms with Crippen molar-refractivity contribution in [2.24, 2.45) is 0 Å². The lowest BCUT2D eigenvalue weighted by molar-refractivity contribution is -0.252. The lowest BCUT2D eigenvalue weighted by Gasteiger charge is -2.36. The molecule has 2 aliphatic heterocycles. The molecule has 0 spiro atoms. The Hall–Kier alpha value is -5.36. The minimum Gasteiger partial charge on any atom is -0.445 e. The summed E-state index contributed by atoms with van der Waals surface area (Å²) in [6.45, 7) is 0.515. The Balaban J connectivity index is 1.09. The molecule has 7 rings (SSSR count). The van der Waals surface area contributed by atoms with Crippen LogP contribution in [0.4, 0.5) is 10.5 Å². The first-order chi connectivity index (χ1) is 23.4. The Bertz CT molecular complexity index is 1930. The van der Waals surface area contributed by atoms with Crippen LogP contribution in [0.2, 0.25) is 0 Å². The Labute approximate surface area is 276 Å². The Morgan fingerprint density at radius 3 is 2.50 bits per heavy atom. The molecule has 4 aromatic carbocycles. The number of fused-ring (bicyclic) bond motifs is 1. The molecule has 0 bridgehead atoms. The number of hydrogen-bond acceptors (Lipinski definition) is 8. The Morgan fingerprint density at radius 2 is 1.69 bits per heavy atom. The third-order valence-electron chi connectivity index (χ3n) is 8.59. The van der Waals surface area contributed by atoms with E-state index in [1.807, 2.05) is 84.9 Å². The lowest BCUT2D eigenvalue weighted by atomic mass is 10.00. The molecule has 3 amide bonds. The molecule has 2 fully saturated rings. The molecule has 11 nitrogen and oxygen atoms in total. The molecule has 244 valence electrons. The number of imidazole rings is 1. The molecule has 1 unspecified atom stereocenters.